The summed E-state index contributed by atoms with van der Waals surface area (Å²) in [5.41, 5.74) is 2.87. The Morgan fingerprint density at radius 2 is 1.67 bits per heavy atom. The maximum atomic E-state index is 12.0. The number of halogens is 3. The molecule has 2 rings (SSSR count). The molecule has 0 N–H and O–H groups in total. The standard InChI is InChI=1S/C21H29F3/c1-2-17-8-12-19(13-9-17)20-14-10-18(11-15-20)7-5-3-4-6-16-21(22,23)24/h4,6,8-9,12-13,18,20H,2-3,5,7,10-11,14-16H2,1H3/b6-4+. The molecule has 1 aliphatic carbocycles. The third-order valence-corrected chi connectivity index (χ3v) is 5.21. The molecule has 1 aromatic carbocycles. The van der Waals surface area contributed by atoms with E-state index in [1.165, 1.54) is 42.9 Å². The van der Waals surface area contributed by atoms with Gasteiger partial charge in [0.15, 0.2) is 0 Å². The molecule has 1 aliphatic rings. The second-order valence-corrected chi connectivity index (χ2v) is 7.03. The Bertz CT molecular complexity index is 491. The molecule has 0 unspecified atom stereocenters. The Labute approximate surface area is 144 Å². The summed E-state index contributed by atoms with van der Waals surface area (Å²) in [4.78, 5) is 0. The molecule has 134 valence electrons. The molecule has 0 nitrogen and oxygen atoms in total. The molecule has 24 heavy (non-hydrogen) atoms. The number of alkyl halides is 3. The molecule has 0 amide bonds. The van der Waals surface area contributed by atoms with E-state index in [4.69, 9.17) is 0 Å². The van der Waals surface area contributed by atoms with Crippen LogP contribution < -0.4 is 0 Å². The second kappa shape index (κ2) is 9.29. The molecule has 0 bridgehead atoms. The van der Waals surface area contributed by atoms with Crippen LogP contribution >= 0.6 is 0 Å². The van der Waals surface area contributed by atoms with Gasteiger partial charge in [-0.3, -0.25) is 0 Å². The third-order valence-electron chi connectivity index (χ3n) is 5.21. The van der Waals surface area contributed by atoms with Crippen molar-refractivity contribution in [2.24, 2.45) is 5.92 Å². The summed E-state index contributed by atoms with van der Waals surface area (Å²) in [6.07, 6.45) is 7.12. The Kier molecular flexibility index (Phi) is 7.39. The minimum atomic E-state index is -4.07. The van der Waals surface area contributed by atoms with Crippen molar-refractivity contribution in [1.82, 2.24) is 0 Å². The minimum Gasteiger partial charge on any atom is -0.171 e. The predicted octanol–water partition coefficient (Wildman–Crippen LogP) is 7.20. The molecule has 0 saturated heterocycles. The van der Waals surface area contributed by atoms with Crippen molar-refractivity contribution in [3.8, 4) is 0 Å². The fourth-order valence-corrected chi connectivity index (χ4v) is 3.67. The van der Waals surface area contributed by atoms with E-state index in [9.17, 15) is 13.2 Å². The zero-order valence-corrected chi connectivity index (χ0v) is 14.6. The monoisotopic (exact) mass is 338 g/mol. The van der Waals surface area contributed by atoms with Gasteiger partial charge < -0.3 is 0 Å². The predicted molar refractivity (Wildman–Crippen MR) is 94.2 cm³/mol. The van der Waals surface area contributed by atoms with E-state index in [0.717, 1.165) is 31.6 Å². The molecular weight excluding hydrogens is 309 g/mol. The van der Waals surface area contributed by atoms with Gasteiger partial charge >= 0.3 is 6.18 Å². The van der Waals surface area contributed by atoms with Crippen molar-refractivity contribution < 1.29 is 13.2 Å². The second-order valence-electron chi connectivity index (χ2n) is 7.03. The van der Waals surface area contributed by atoms with E-state index in [0.29, 0.717) is 5.92 Å². The van der Waals surface area contributed by atoms with Crippen molar-refractivity contribution in [3.63, 3.8) is 0 Å². The van der Waals surface area contributed by atoms with Crippen molar-refractivity contribution >= 4 is 0 Å². The summed E-state index contributed by atoms with van der Waals surface area (Å²) in [6, 6.07) is 9.06. The Hall–Kier alpha value is -1.25. The summed E-state index contributed by atoms with van der Waals surface area (Å²) >= 11 is 0. The van der Waals surface area contributed by atoms with E-state index in [1.54, 1.807) is 6.08 Å². The maximum absolute atomic E-state index is 12.0. The first-order chi connectivity index (χ1) is 11.5. The first-order valence-corrected chi connectivity index (χ1v) is 9.28. The SMILES string of the molecule is CCc1ccc(C2CCC(CCC/C=C/CC(F)(F)F)CC2)cc1. The minimum absolute atomic E-state index is 0.693. The van der Waals surface area contributed by atoms with E-state index >= 15 is 0 Å². The molecule has 0 spiro atoms. The van der Waals surface area contributed by atoms with Gasteiger partial charge in [0.1, 0.15) is 0 Å². The van der Waals surface area contributed by atoms with Crippen LogP contribution in [0, 0.1) is 5.92 Å². The highest BCUT2D eigenvalue weighted by Gasteiger charge is 2.24. The molecule has 1 saturated carbocycles. The van der Waals surface area contributed by atoms with Gasteiger partial charge in [0, 0.05) is 0 Å². The first-order valence-electron chi connectivity index (χ1n) is 9.28. The van der Waals surface area contributed by atoms with Crippen LogP contribution in [-0.2, 0) is 6.42 Å². The molecular formula is C21H29F3. The van der Waals surface area contributed by atoms with Crippen LogP contribution in [0.3, 0.4) is 0 Å². The molecule has 0 radical (unpaired) electrons. The Balaban J connectivity index is 1.64. The van der Waals surface area contributed by atoms with Crippen molar-refractivity contribution in [2.45, 2.75) is 76.8 Å². The van der Waals surface area contributed by atoms with Gasteiger partial charge in [-0.05, 0) is 67.9 Å². The summed E-state index contributed by atoms with van der Waals surface area (Å²) in [7, 11) is 0. The average Bonchev–Trinajstić information content (AvgIpc) is 2.58. The Morgan fingerprint density at radius 3 is 2.25 bits per heavy atom. The zero-order chi connectivity index (χ0) is 17.4. The normalized spacial score (nSPS) is 22.2. The number of allylic oxidation sites excluding steroid dienone is 2. The number of aryl methyl sites for hydroxylation is 1. The highest BCUT2D eigenvalue weighted by Crippen LogP contribution is 2.37. The highest BCUT2D eigenvalue weighted by atomic mass is 19.4. The van der Waals surface area contributed by atoms with Crippen LogP contribution in [-0.4, -0.2) is 6.18 Å². The smallest absolute Gasteiger partial charge is 0.171 e. The van der Waals surface area contributed by atoms with E-state index in [-0.39, 0.29) is 0 Å². The van der Waals surface area contributed by atoms with Gasteiger partial charge in [0.2, 0.25) is 0 Å². The first kappa shape index (κ1) is 19.1. The van der Waals surface area contributed by atoms with Gasteiger partial charge in [-0.25, -0.2) is 0 Å². The van der Waals surface area contributed by atoms with Crippen LogP contribution in [0.15, 0.2) is 36.4 Å². The zero-order valence-electron chi connectivity index (χ0n) is 14.6. The van der Waals surface area contributed by atoms with Crippen LogP contribution in [0.4, 0.5) is 13.2 Å². The highest BCUT2D eigenvalue weighted by molar-refractivity contribution is 5.25. The molecule has 0 aliphatic heterocycles. The lowest BCUT2D eigenvalue weighted by molar-refractivity contribution is -0.125. The Morgan fingerprint density at radius 1 is 1.00 bits per heavy atom. The molecule has 0 atom stereocenters. The maximum Gasteiger partial charge on any atom is 0.392 e. The number of hydrogen-bond donors (Lipinski definition) is 0. The lowest BCUT2D eigenvalue weighted by Crippen LogP contribution is -2.13. The van der Waals surface area contributed by atoms with Crippen LogP contribution in [0.2, 0.25) is 0 Å². The van der Waals surface area contributed by atoms with Gasteiger partial charge in [-0.1, -0.05) is 49.8 Å². The number of unbranched alkanes of at least 4 members (excludes halogenated alkanes) is 1. The van der Waals surface area contributed by atoms with Crippen LogP contribution in [0.25, 0.3) is 0 Å². The van der Waals surface area contributed by atoms with Crippen LogP contribution in [0.5, 0.6) is 0 Å². The average molecular weight is 338 g/mol. The summed E-state index contributed by atoms with van der Waals surface area (Å²) in [5, 5.41) is 0. The fourth-order valence-electron chi connectivity index (χ4n) is 3.67. The topological polar surface area (TPSA) is 0 Å². The summed E-state index contributed by atoms with van der Waals surface area (Å²) in [5.74, 6) is 1.45. The number of benzene rings is 1. The van der Waals surface area contributed by atoms with E-state index < -0.39 is 12.6 Å². The van der Waals surface area contributed by atoms with Crippen LogP contribution in [0.1, 0.15) is 75.3 Å². The van der Waals surface area contributed by atoms with Gasteiger partial charge in [0.25, 0.3) is 0 Å². The van der Waals surface area contributed by atoms with Crippen molar-refractivity contribution in [3.05, 3.63) is 47.5 Å². The quantitative estimate of drug-likeness (QED) is 0.364. The van der Waals surface area contributed by atoms with Crippen molar-refractivity contribution in [2.75, 3.05) is 0 Å². The molecule has 1 aromatic rings. The number of hydrogen-bond acceptors (Lipinski definition) is 0. The third kappa shape index (κ3) is 6.70. The van der Waals surface area contributed by atoms with Gasteiger partial charge in [0.05, 0.1) is 6.42 Å². The molecule has 0 heterocycles. The lowest BCUT2D eigenvalue weighted by atomic mass is 9.77. The largest absolute Gasteiger partial charge is 0.392 e. The summed E-state index contributed by atoms with van der Waals surface area (Å²) < 4.78 is 36.1. The van der Waals surface area contributed by atoms with Crippen molar-refractivity contribution in [1.29, 1.82) is 0 Å². The molecule has 3 heteroatoms. The molecule has 0 aromatic heterocycles. The number of rotatable bonds is 7. The van der Waals surface area contributed by atoms with Gasteiger partial charge in [-0.2, -0.15) is 13.2 Å². The summed E-state index contributed by atoms with van der Waals surface area (Å²) in [6.45, 7) is 2.18. The molecule has 1 fully saturated rings. The fraction of sp³-hybridized carbons (Fsp3) is 0.619. The van der Waals surface area contributed by atoms with E-state index in [2.05, 4.69) is 31.2 Å². The van der Waals surface area contributed by atoms with E-state index in [1.807, 2.05) is 0 Å². The lowest BCUT2D eigenvalue weighted by Gasteiger charge is -2.29. The van der Waals surface area contributed by atoms with Gasteiger partial charge in [-0.15, -0.1) is 0 Å².